The summed E-state index contributed by atoms with van der Waals surface area (Å²) in [6.07, 6.45) is 3.51. The van der Waals surface area contributed by atoms with Gasteiger partial charge in [-0.2, -0.15) is 10.4 Å². The molecule has 4 heterocycles. The van der Waals surface area contributed by atoms with Crippen LogP contribution in [0.4, 0.5) is 11.6 Å². The lowest BCUT2D eigenvalue weighted by atomic mass is 10.1. The van der Waals surface area contributed by atoms with E-state index in [-0.39, 0.29) is 11.8 Å². The summed E-state index contributed by atoms with van der Waals surface area (Å²) in [5, 5.41) is 19.0. The van der Waals surface area contributed by atoms with E-state index in [0.29, 0.717) is 52.9 Å². The highest BCUT2D eigenvalue weighted by atomic mass is 32.1. The first-order chi connectivity index (χ1) is 20.5. The lowest BCUT2D eigenvalue weighted by molar-refractivity contribution is 0.0366. The van der Waals surface area contributed by atoms with E-state index in [1.54, 1.807) is 49.8 Å². The molecule has 1 fully saturated rings. The smallest absolute Gasteiger partial charge is 0.268 e. The number of nitriles is 1. The molecule has 1 saturated heterocycles. The first-order valence-corrected chi connectivity index (χ1v) is 14.3. The molecule has 0 atom stereocenters. The summed E-state index contributed by atoms with van der Waals surface area (Å²) in [7, 11) is 1.69. The second kappa shape index (κ2) is 12.0. The minimum atomic E-state index is -0.248. The van der Waals surface area contributed by atoms with Gasteiger partial charge in [0.2, 0.25) is 5.95 Å². The van der Waals surface area contributed by atoms with E-state index in [1.165, 1.54) is 16.2 Å². The van der Waals surface area contributed by atoms with E-state index in [9.17, 15) is 14.9 Å². The first kappa shape index (κ1) is 27.3. The van der Waals surface area contributed by atoms with Gasteiger partial charge in [-0.3, -0.25) is 24.9 Å². The number of hydrogen-bond acceptors (Lipinski definition) is 8. The molecule has 42 heavy (non-hydrogen) atoms. The molecule has 6 rings (SSSR count). The summed E-state index contributed by atoms with van der Waals surface area (Å²) < 4.78 is 7.50. The Hall–Kier alpha value is -4.83. The highest BCUT2D eigenvalue weighted by Crippen LogP contribution is 2.29. The summed E-state index contributed by atoms with van der Waals surface area (Å²) in [5.41, 5.74) is 3.91. The minimum absolute atomic E-state index is 0.238. The topological polar surface area (TPSA) is 132 Å². The molecule has 2 N–H and O–H groups in total. The molecule has 1 aliphatic rings. The maximum absolute atomic E-state index is 13.3. The molecule has 11 nitrogen and oxygen atoms in total. The average molecular weight is 581 g/mol. The van der Waals surface area contributed by atoms with E-state index in [1.807, 2.05) is 28.8 Å². The van der Waals surface area contributed by atoms with Gasteiger partial charge in [-0.15, -0.1) is 11.3 Å². The van der Waals surface area contributed by atoms with E-state index in [4.69, 9.17) is 9.72 Å². The van der Waals surface area contributed by atoms with Gasteiger partial charge in [-0.1, -0.05) is 6.07 Å². The van der Waals surface area contributed by atoms with Crippen molar-refractivity contribution in [3.8, 4) is 16.5 Å². The first-order valence-electron chi connectivity index (χ1n) is 13.5. The van der Waals surface area contributed by atoms with Crippen LogP contribution in [0.3, 0.4) is 0 Å². The lowest BCUT2D eigenvalue weighted by Crippen LogP contribution is -2.38. The normalized spacial score (nSPS) is 13.6. The number of morpholine rings is 1. The van der Waals surface area contributed by atoms with Crippen molar-refractivity contribution >= 4 is 45.8 Å². The summed E-state index contributed by atoms with van der Waals surface area (Å²) in [6.45, 7) is 4.50. The number of rotatable bonds is 8. The van der Waals surface area contributed by atoms with Crippen LogP contribution < -0.4 is 10.2 Å². The Labute approximate surface area is 246 Å². The maximum atomic E-state index is 13.3. The van der Waals surface area contributed by atoms with Gasteiger partial charge in [0.15, 0.2) is 0 Å². The van der Waals surface area contributed by atoms with Gasteiger partial charge >= 0.3 is 0 Å². The summed E-state index contributed by atoms with van der Waals surface area (Å²) in [5.74, 6) is -0.0465. The number of aromatic amines is 1. The van der Waals surface area contributed by atoms with Gasteiger partial charge in [0, 0.05) is 61.1 Å². The van der Waals surface area contributed by atoms with Crippen molar-refractivity contribution in [2.24, 2.45) is 0 Å². The molecular weight excluding hydrogens is 552 g/mol. The number of nitrogens with zero attached hydrogens (tertiary/aromatic N) is 6. The highest BCUT2D eigenvalue weighted by Gasteiger charge is 2.20. The number of thiophene rings is 1. The number of H-pyrrole nitrogens is 1. The van der Waals surface area contributed by atoms with Crippen LogP contribution in [0.1, 0.15) is 25.6 Å². The zero-order chi connectivity index (χ0) is 29.1. The molecule has 0 unspecified atom stereocenters. The molecule has 3 aromatic heterocycles. The van der Waals surface area contributed by atoms with E-state index >= 15 is 0 Å². The molecule has 5 aromatic rings. The monoisotopic (exact) mass is 580 g/mol. The number of nitrogens with one attached hydrogen (secondary N) is 2. The van der Waals surface area contributed by atoms with Crippen LogP contribution in [0.2, 0.25) is 0 Å². The Balaban J connectivity index is 1.29. The summed E-state index contributed by atoms with van der Waals surface area (Å²) in [4.78, 5) is 36.7. The Morgan fingerprint density at radius 3 is 2.79 bits per heavy atom. The highest BCUT2D eigenvalue weighted by molar-refractivity contribution is 7.17. The van der Waals surface area contributed by atoms with Crippen LogP contribution in [0.15, 0.2) is 67.0 Å². The number of benzene rings is 2. The van der Waals surface area contributed by atoms with Gasteiger partial charge in [0.25, 0.3) is 11.8 Å². The number of anilines is 2. The molecule has 0 bridgehead atoms. The third kappa shape index (κ3) is 5.66. The quantitative estimate of drug-likeness (QED) is 0.281. The Morgan fingerprint density at radius 2 is 2.00 bits per heavy atom. The molecular formula is C30H28N8O3S. The fraction of sp³-hybridized carbons (Fsp3) is 0.233. The predicted molar refractivity (Wildman–Crippen MR) is 161 cm³/mol. The van der Waals surface area contributed by atoms with Crippen molar-refractivity contribution in [1.82, 2.24) is 24.6 Å². The predicted octanol–water partition coefficient (Wildman–Crippen LogP) is 4.22. The maximum Gasteiger partial charge on any atom is 0.268 e. The fourth-order valence-electron chi connectivity index (χ4n) is 4.91. The van der Waals surface area contributed by atoms with Gasteiger partial charge in [-0.05, 0) is 48.5 Å². The van der Waals surface area contributed by atoms with Gasteiger partial charge in [0.05, 0.1) is 47.0 Å². The molecule has 0 aliphatic carbocycles. The van der Waals surface area contributed by atoms with Crippen LogP contribution in [-0.4, -0.2) is 76.4 Å². The minimum Gasteiger partial charge on any atom is -0.379 e. The third-order valence-corrected chi connectivity index (χ3v) is 8.38. The van der Waals surface area contributed by atoms with Crippen molar-refractivity contribution in [2.75, 3.05) is 50.1 Å². The Kier molecular flexibility index (Phi) is 7.78. The number of aromatic nitrogens is 4. The van der Waals surface area contributed by atoms with Crippen LogP contribution in [-0.2, 0) is 11.3 Å². The molecule has 2 amide bonds. The van der Waals surface area contributed by atoms with Crippen LogP contribution >= 0.6 is 11.3 Å². The Bertz CT molecular complexity index is 1780. The van der Waals surface area contributed by atoms with Crippen molar-refractivity contribution in [2.45, 2.75) is 6.54 Å². The second-order valence-corrected chi connectivity index (χ2v) is 11.0. The molecule has 0 radical (unpaired) electrons. The Morgan fingerprint density at radius 1 is 1.14 bits per heavy atom. The van der Waals surface area contributed by atoms with Crippen molar-refractivity contribution < 1.29 is 14.3 Å². The van der Waals surface area contributed by atoms with Crippen molar-refractivity contribution in [3.63, 3.8) is 0 Å². The van der Waals surface area contributed by atoms with Crippen LogP contribution in [0.25, 0.3) is 21.5 Å². The zero-order valence-electron chi connectivity index (χ0n) is 22.9. The van der Waals surface area contributed by atoms with Crippen molar-refractivity contribution in [3.05, 3.63) is 83.0 Å². The van der Waals surface area contributed by atoms with Gasteiger partial charge in [-0.25, -0.2) is 4.98 Å². The van der Waals surface area contributed by atoms with E-state index < -0.39 is 0 Å². The van der Waals surface area contributed by atoms with Gasteiger partial charge < -0.3 is 14.2 Å². The zero-order valence-corrected chi connectivity index (χ0v) is 23.7. The molecule has 212 valence electrons. The number of hydrogen-bond donors (Lipinski definition) is 2. The summed E-state index contributed by atoms with van der Waals surface area (Å²) in [6, 6.07) is 18.0. The van der Waals surface area contributed by atoms with E-state index in [0.717, 1.165) is 35.6 Å². The number of carbonyl (C=O) groups is 2. The lowest BCUT2D eigenvalue weighted by Gasteiger charge is -2.27. The second-order valence-electron chi connectivity index (χ2n) is 9.88. The number of fused-ring (bicyclic) bond motifs is 1. The molecule has 0 saturated carbocycles. The fourth-order valence-corrected chi connectivity index (χ4v) is 5.79. The molecule has 0 spiro atoms. The summed E-state index contributed by atoms with van der Waals surface area (Å²) >= 11 is 1.38. The number of imidazole rings is 1. The number of carbonyl (C=O) groups excluding carboxylic acids is 2. The van der Waals surface area contributed by atoms with Gasteiger partial charge in [0.1, 0.15) is 0 Å². The molecule has 1 aliphatic heterocycles. The van der Waals surface area contributed by atoms with Crippen LogP contribution in [0.5, 0.6) is 0 Å². The van der Waals surface area contributed by atoms with E-state index in [2.05, 4.69) is 26.5 Å². The standard InChI is InChI=1S/C30H28N8O3S/c1-36(29(40)21-4-2-3-20(15-21)17-31)23-5-6-25-24(16-23)34-30(38(25)10-9-37-11-13-41-14-12-37)35-28(39)27-8-7-26(42-27)22-18-32-33-19-22/h2-8,15-16,18-19H,9-14H2,1H3,(H,32,33)(H,34,35,39). The van der Waals surface area contributed by atoms with Crippen molar-refractivity contribution in [1.29, 1.82) is 5.26 Å². The van der Waals surface area contributed by atoms with Crippen LogP contribution in [0, 0.1) is 11.3 Å². The number of amides is 2. The largest absolute Gasteiger partial charge is 0.379 e. The average Bonchev–Trinajstić information content (AvgIpc) is 3.80. The SMILES string of the molecule is CN(C(=O)c1cccc(C#N)c1)c1ccc2c(c1)nc(NC(=O)c1ccc(-c3cn[nH]c3)s1)n2CCN1CCOCC1. The third-order valence-electron chi connectivity index (χ3n) is 7.24. The number of ether oxygens (including phenoxy) is 1. The molecule has 2 aromatic carbocycles. The molecule has 12 heteroatoms.